The zero-order chi connectivity index (χ0) is 15.1. The second-order valence-corrected chi connectivity index (χ2v) is 6.55. The van der Waals surface area contributed by atoms with Crippen LogP contribution in [0.2, 0.25) is 15.1 Å². The Kier molecular flexibility index (Phi) is 4.10. The number of fused-ring (bicyclic) bond motifs is 1. The molecule has 0 bridgehead atoms. The highest BCUT2D eigenvalue weighted by atomic mass is 35.5. The van der Waals surface area contributed by atoms with Gasteiger partial charge in [-0.3, -0.25) is 0 Å². The van der Waals surface area contributed by atoms with Gasteiger partial charge in [-0.25, -0.2) is 4.98 Å². The molecule has 108 valence electrons. The lowest BCUT2D eigenvalue weighted by atomic mass is 10.0. The molecule has 0 atom stereocenters. The topological polar surface area (TPSA) is 17.8 Å². The molecule has 2 aromatic carbocycles. The van der Waals surface area contributed by atoms with E-state index < -0.39 is 0 Å². The minimum atomic E-state index is 0.501. The summed E-state index contributed by atoms with van der Waals surface area (Å²) in [5.41, 5.74) is 3.53. The maximum absolute atomic E-state index is 6.44. The van der Waals surface area contributed by atoms with Crippen molar-refractivity contribution in [3.63, 3.8) is 0 Å². The van der Waals surface area contributed by atoms with E-state index in [0.717, 1.165) is 27.3 Å². The van der Waals surface area contributed by atoms with Crippen LogP contribution in [0.15, 0.2) is 35.5 Å². The molecule has 3 aromatic rings. The van der Waals surface area contributed by atoms with E-state index in [0.29, 0.717) is 15.1 Å². The number of nitrogens with zero attached hydrogens (tertiary/aromatic N) is 2. The van der Waals surface area contributed by atoms with Gasteiger partial charge in [0.1, 0.15) is 0 Å². The van der Waals surface area contributed by atoms with Crippen LogP contribution in [0.25, 0.3) is 22.2 Å². The highest BCUT2D eigenvalue weighted by molar-refractivity contribution is 7.98. The predicted molar refractivity (Wildman–Crippen MR) is 93.0 cm³/mol. The lowest BCUT2D eigenvalue weighted by molar-refractivity contribution is 0.817. The van der Waals surface area contributed by atoms with Crippen molar-refractivity contribution in [1.29, 1.82) is 0 Å². The quantitative estimate of drug-likeness (QED) is 0.530. The van der Waals surface area contributed by atoms with E-state index >= 15 is 0 Å². The van der Waals surface area contributed by atoms with Crippen molar-refractivity contribution in [2.45, 2.75) is 5.16 Å². The summed E-state index contributed by atoms with van der Waals surface area (Å²) < 4.78 is 2.02. The molecule has 1 aromatic heterocycles. The normalized spacial score (nSPS) is 11.3. The molecule has 0 unspecified atom stereocenters. The molecule has 0 spiro atoms. The van der Waals surface area contributed by atoms with Gasteiger partial charge in [0.05, 0.1) is 26.1 Å². The van der Waals surface area contributed by atoms with Crippen LogP contribution in [0.5, 0.6) is 0 Å². The molecule has 0 N–H and O–H groups in total. The average molecular weight is 358 g/mol. The molecule has 0 aliphatic heterocycles. The second-order valence-electron chi connectivity index (χ2n) is 4.58. The van der Waals surface area contributed by atoms with E-state index in [2.05, 4.69) is 4.98 Å². The van der Waals surface area contributed by atoms with Gasteiger partial charge in [-0.15, -0.1) is 0 Å². The smallest absolute Gasteiger partial charge is 0.168 e. The van der Waals surface area contributed by atoms with Crippen LogP contribution in [-0.2, 0) is 7.05 Å². The van der Waals surface area contributed by atoms with Gasteiger partial charge in [-0.05, 0) is 24.5 Å². The third kappa shape index (κ3) is 2.53. The molecule has 2 nitrogen and oxygen atoms in total. The number of aryl methyl sites for hydroxylation is 1. The van der Waals surface area contributed by atoms with Crippen molar-refractivity contribution in [2.75, 3.05) is 6.26 Å². The van der Waals surface area contributed by atoms with Crippen LogP contribution < -0.4 is 0 Å². The number of halogens is 3. The highest BCUT2D eigenvalue weighted by Crippen LogP contribution is 2.39. The van der Waals surface area contributed by atoms with Gasteiger partial charge in [0.2, 0.25) is 0 Å². The number of rotatable bonds is 2. The Morgan fingerprint density at radius 2 is 1.81 bits per heavy atom. The van der Waals surface area contributed by atoms with Crippen LogP contribution >= 0.6 is 46.6 Å². The van der Waals surface area contributed by atoms with Crippen LogP contribution in [0.4, 0.5) is 0 Å². The largest absolute Gasteiger partial charge is 0.322 e. The van der Waals surface area contributed by atoms with Gasteiger partial charge >= 0.3 is 0 Å². The first-order chi connectivity index (χ1) is 10.0. The van der Waals surface area contributed by atoms with Gasteiger partial charge < -0.3 is 4.57 Å². The number of imidazole rings is 1. The molecule has 0 amide bonds. The van der Waals surface area contributed by atoms with Gasteiger partial charge in [0.15, 0.2) is 5.16 Å². The van der Waals surface area contributed by atoms with Gasteiger partial charge in [-0.2, -0.15) is 0 Å². The predicted octanol–water partition coefficient (Wildman–Crippen LogP) is 5.92. The Labute approximate surface area is 142 Å². The number of aromatic nitrogens is 2. The maximum Gasteiger partial charge on any atom is 0.168 e. The third-order valence-corrected chi connectivity index (χ3v) is 5.21. The summed E-state index contributed by atoms with van der Waals surface area (Å²) >= 11 is 20.4. The first-order valence-electron chi connectivity index (χ1n) is 6.17. The molecule has 6 heteroatoms. The fraction of sp³-hybridized carbons (Fsp3) is 0.133. The van der Waals surface area contributed by atoms with E-state index in [1.54, 1.807) is 17.8 Å². The fourth-order valence-corrected chi connectivity index (χ4v) is 3.52. The van der Waals surface area contributed by atoms with Gasteiger partial charge in [0.25, 0.3) is 0 Å². The summed E-state index contributed by atoms with van der Waals surface area (Å²) in [6.45, 7) is 0. The maximum atomic E-state index is 6.44. The molecular formula is C15H11Cl3N2S. The molecule has 0 saturated heterocycles. The summed E-state index contributed by atoms with van der Waals surface area (Å²) in [4.78, 5) is 4.60. The lowest BCUT2D eigenvalue weighted by Gasteiger charge is -2.08. The van der Waals surface area contributed by atoms with E-state index in [9.17, 15) is 0 Å². The molecule has 0 aliphatic carbocycles. The monoisotopic (exact) mass is 356 g/mol. The first kappa shape index (κ1) is 15.0. The number of thioether (sulfide) groups is 1. The molecule has 1 heterocycles. The minimum Gasteiger partial charge on any atom is -0.322 e. The van der Waals surface area contributed by atoms with Crippen LogP contribution in [0.1, 0.15) is 0 Å². The standard InChI is InChI=1S/C15H11Cl3N2S/c1-20-13-7-11(17)9(6-12(13)19-15(20)21-2)8-4-3-5-10(16)14(8)18/h3-7H,1-2H3. The first-order valence-corrected chi connectivity index (χ1v) is 8.53. The van der Waals surface area contributed by atoms with Crippen molar-refractivity contribution in [3.8, 4) is 11.1 Å². The van der Waals surface area contributed by atoms with Crippen LogP contribution in [0.3, 0.4) is 0 Å². The summed E-state index contributed by atoms with van der Waals surface area (Å²) in [7, 11) is 1.98. The number of benzene rings is 2. The molecular weight excluding hydrogens is 347 g/mol. The van der Waals surface area contributed by atoms with Crippen molar-refractivity contribution in [1.82, 2.24) is 9.55 Å². The summed E-state index contributed by atoms with van der Waals surface area (Å²) in [5, 5.41) is 2.58. The van der Waals surface area contributed by atoms with E-state index in [4.69, 9.17) is 34.8 Å². The SMILES string of the molecule is CSc1nc2cc(-c3cccc(Cl)c3Cl)c(Cl)cc2n1C. The van der Waals surface area contributed by atoms with E-state index in [1.807, 2.05) is 42.1 Å². The van der Waals surface area contributed by atoms with Crippen LogP contribution in [0, 0.1) is 0 Å². The van der Waals surface area contributed by atoms with E-state index in [1.165, 1.54) is 0 Å². The number of hydrogen-bond acceptors (Lipinski definition) is 2. The molecule has 0 saturated carbocycles. The Bertz CT molecular complexity index is 843. The van der Waals surface area contributed by atoms with Crippen molar-refractivity contribution in [2.24, 2.45) is 7.05 Å². The third-order valence-electron chi connectivity index (χ3n) is 3.35. The molecule has 21 heavy (non-hydrogen) atoms. The minimum absolute atomic E-state index is 0.501. The summed E-state index contributed by atoms with van der Waals surface area (Å²) in [6, 6.07) is 9.38. The van der Waals surface area contributed by atoms with Gasteiger partial charge in [0, 0.05) is 18.2 Å². The lowest BCUT2D eigenvalue weighted by Crippen LogP contribution is -1.89. The zero-order valence-electron chi connectivity index (χ0n) is 11.3. The zero-order valence-corrected chi connectivity index (χ0v) is 14.4. The van der Waals surface area contributed by atoms with Gasteiger partial charge in [-0.1, -0.05) is 58.7 Å². The Balaban J connectivity index is 2.28. The van der Waals surface area contributed by atoms with Crippen molar-refractivity contribution >= 4 is 57.6 Å². The molecule has 0 aliphatic rings. The fourth-order valence-electron chi connectivity index (χ4n) is 2.29. The molecule has 0 radical (unpaired) electrons. The molecule has 0 fully saturated rings. The number of hydrogen-bond donors (Lipinski definition) is 0. The van der Waals surface area contributed by atoms with Crippen LogP contribution in [-0.4, -0.2) is 15.8 Å². The summed E-state index contributed by atoms with van der Waals surface area (Å²) in [5.74, 6) is 0. The molecule has 3 rings (SSSR count). The van der Waals surface area contributed by atoms with E-state index in [-0.39, 0.29) is 0 Å². The Morgan fingerprint density at radius 3 is 2.52 bits per heavy atom. The summed E-state index contributed by atoms with van der Waals surface area (Å²) in [6.07, 6.45) is 2.00. The Hall–Kier alpha value is -0.870. The van der Waals surface area contributed by atoms with Crippen molar-refractivity contribution in [3.05, 3.63) is 45.4 Å². The average Bonchev–Trinajstić information content (AvgIpc) is 2.77. The highest BCUT2D eigenvalue weighted by Gasteiger charge is 2.14. The second kappa shape index (κ2) is 5.73. The Morgan fingerprint density at radius 1 is 1.05 bits per heavy atom. The van der Waals surface area contributed by atoms with Crippen molar-refractivity contribution < 1.29 is 0 Å².